The van der Waals surface area contributed by atoms with Gasteiger partial charge in [-0.1, -0.05) is 6.07 Å². The Hall–Kier alpha value is -2.45. The van der Waals surface area contributed by atoms with Crippen LogP contribution in [0.25, 0.3) is 11.3 Å². The molecule has 4 rings (SSSR count). The molecule has 0 N–H and O–H groups in total. The Kier molecular flexibility index (Phi) is 6.87. The van der Waals surface area contributed by atoms with E-state index in [1.54, 1.807) is 18.5 Å². The molecule has 0 radical (unpaired) electrons. The number of alkyl halides is 3. The number of ether oxygens (including phenoxy) is 1. The summed E-state index contributed by atoms with van der Waals surface area (Å²) < 4.78 is 46.4. The minimum absolute atomic E-state index is 0.104. The first-order valence-corrected chi connectivity index (χ1v) is 11.3. The van der Waals surface area contributed by atoms with Gasteiger partial charge in [0.2, 0.25) is 0 Å². The van der Waals surface area contributed by atoms with Gasteiger partial charge < -0.3 is 9.64 Å². The van der Waals surface area contributed by atoms with Crippen LogP contribution in [0.15, 0.2) is 48.1 Å². The molecule has 1 fully saturated rings. The van der Waals surface area contributed by atoms with Gasteiger partial charge in [0.15, 0.2) is 0 Å². The molecule has 164 valence electrons. The summed E-state index contributed by atoms with van der Waals surface area (Å²) in [6, 6.07) is 8.04. The van der Waals surface area contributed by atoms with Gasteiger partial charge in [0.1, 0.15) is 5.75 Å². The van der Waals surface area contributed by atoms with Crippen LogP contribution in [0.2, 0.25) is 0 Å². The van der Waals surface area contributed by atoms with E-state index in [4.69, 9.17) is 4.74 Å². The van der Waals surface area contributed by atoms with E-state index >= 15 is 0 Å². The van der Waals surface area contributed by atoms with Crippen molar-refractivity contribution in [1.29, 1.82) is 0 Å². The number of pyridine rings is 1. The monoisotopic (exact) mass is 447 g/mol. The molecular formula is C23H24F3N3OS. The van der Waals surface area contributed by atoms with Gasteiger partial charge in [0.05, 0.1) is 22.9 Å². The molecule has 8 heteroatoms. The van der Waals surface area contributed by atoms with Crippen LogP contribution in [0.1, 0.15) is 35.4 Å². The first-order valence-electron chi connectivity index (χ1n) is 10.4. The summed E-state index contributed by atoms with van der Waals surface area (Å²) in [7, 11) is 0. The molecule has 2 aromatic heterocycles. The first kappa shape index (κ1) is 21.8. The van der Waals surface area contributed by atoms with E-state index in [1.165, 1.54) is 36.3 Å². The molecule has 0 spiro atoms. The number of thiazole rings is 1. The quantitative estimate of drug-likeness (QED) is 0.417. The standard InChI is InChI=1S/C23H24F3N3OS/c24-23(25,26)19-13-17(6-7-21(19)30-12-4-11-29-9-1-2-10-29)14-22-28-20(16-31-22)18-5-3-8-27-15-18/h3,5-8,13,15-16H,1-2,4,9-12,14H2. The Balaban J connectivity index is 1.42. The number of rotatable bonds is 8. The minimum atomic E-state index is -4.47. The van der Waals surface area contributed by atoms with Crippen molar-refractivity contribution < 1.29 is 17.9 Å². The fourth-order valence-corrected chi connectivity index (χ4v) is 4.56. The molecule has 3 heterocycles. The normalized spacial score (nSPS) is 14.8. The van der Waals surface area contributed by atoms with E-state index in [0.717, 1.165) is 42.3 Å². The van der Waals surface area contributed by atoms with Crippen LogP contribution in [0.5, 0.6) is 5.75 Å². The highest BCUT2D eigenvalue weighted by Crippen LogP contribution is 2.37. The van der Waals surface area contributed by atoms with Gasteiger partial charge in [0.25, 0.3) is 0 Å². The number of aromatic nitrogens is 2. The molecular weight excluding hydrogens is 423 g/mol. The summed E-state index contributed by atoms with van der Waals surface area (Å²) in [5.74, 6) is -0.104. The van der Waals surface area contributed by atoms with Crippen LogP contribution in [-0.2, 0) is 12.6 Å². The Morgan fingerprint density at radius 1 is 1.13 bits per heavy atom. The summed E-state index contributed by atoms with van der Waals surface area (Å²) in [6.07, 6.45) is 2.39. The predicted octanol–water partition coefficient (Wildman–Crippen LogP) is 5.68. The third-order valence-electron chi connectivity index (χ3n) is 5.29. The van der Waals surface area contributed by atoms with Gasteiger partial charge in [-0.2, -0.15) is 13.2 Å². The Morgan fingerprint density at radius 3 is 2.71 bits per heavy atom. The van der Waals surface area contributed by atoms with E-state index < -0.39 is 11.7 Å². The molecule has 0 saturated carbocycles. The number of hydrogen-bond donors (Lipinski definition) is 0. The number of likely N-dealkylation sites (tertiary alicyclic amines) is 1. The Bertz CT molecular complexity index is 985. The first-order chi connectivity index (χ1) is 15.0. The molecule has 1 aliphatic rings. The molecule has 0 unspecified atom stereocenters. The second kappa shape index (κ2) is 9.78. The van der Waals surface area contributed by atoms with Gasteiger partial charge >= 0.3 is 6.18 Å². The van der Waals surface area contributed by atoms with Crippen molar-refractivity contribution in [3.63, 3.8) is 0 Å². The van der Waals surface area contributed by atoms with Gasteiger partial charge in [-0.15, -0.1) is 11.3 Å². The van der Waals surface area contributed by atoms with Crippen molar-refractivity contribution in [2.75, 3.05) is 26.2 Å². The largest absolute Gasteiger partial charge is 0.493 e. The predicted molar refractivity (Wildman–Crippen MR) is 115 cm³/mol. The maximum absolute atomic E-state index is 13.6. The van der Waals surface area contributed by atoms with Crippen molar-refractivity contribution in [2.45, 2.75) is 31.9 Å². The molecule has 1 aliphatic heterocycles. The van der Waals surface area contributed by atoms with E-state index in [-0.39, 0.29) is 12.4 Å². The van der Waals surface area contributed by atoms with Crippen molar-refractivity contribution in [3.05, 3.63) is 64.2 Å². The zero-order chi connectivity index (χ0) is 21.7. The smallest absolute Gasteiger partial charge is 0.419 e. The lowest BCUT2D eigenvalue weighted by Gasteiger charge is -2.17. The third kappa shape index (κ3) is 5.83. The van der Waals surface area contributed by atoms with Crippen LogP contribution >= 0.6 is 11.3 Å². The Labute approximate surface area is 183 Å². The molecule has 1 saturated heterocycles. The molecule has 0 atom stereocenters. The summed E-state index contributed by atoms with van der Waals surface area (Å²) >= 11 is 1.43. The topological polar surface area (TPSA) is 38.3 Å². The Morgan fingerprint density at radius 2 is 1.97 bits per heavy atom. The minimum Gasteiger partial charge on any atom is -0.493 e. The number of nitrogens with zero attached hydrogens (tertiary/aromatic N) is 3. The molecule has 31 heavy (non-hydrogen) atoms. The highest BCUT2D eigenvalue weighted by atomic mass is 32.1. The average molecular weight is 448 g/mol. The highest BCUT2D eigenvalue weighted by Gasteiger charge is 2.34. The van der Waals surface area contributed by atoms with Crippen molar-refractivity contribution in [2.24, 2.45) is 0 Å². The molecule has 1 aromatic carbocycles. The van der Waals surface area contributed by atoms with Crippen molar-refractivity contribution in [1.82, 2.24) is 14.9 Å². The maximum Gasteiger partial charge on any atom is 0.419 e. The van der Waals surface area contributed by atoms with Crippen LogP contribution in [0.4, 0.5) is 13.2 Å². The number of hydrogen-bond acceptors (Lipinski definition) is 5. The number of benzene rings is 1. The molecule has 0 amide bonds. The fourth-order valence-electron chi connectivity index (χ4n) is 3.72. The lowest BCUT2D eigenvalue weighted by molar-refractivity contribution is -0.139. The van der Waals surface area contributed by atoms with Gasteiger partial charge in [0, 0.05) is 36.3 Å². The summed E-state index contributed by atoms with van der Waals surface area (Å²) in [5, 5.41) is 2.65. The lowest BCUT2D eigenvalue weighted by atomic mass is 10.1. The molecule has 4 nitrogen and oxygen atoms in total. The maximum atomic E-state index is 13.6. The zero-order valence-electron chi connectivity index (χ0n) is 17.1. The third-order valence-corrected chi connectivity index (χ3v) is 6.14. The van der Waals surface area contributed by atoms with E-state index in [9.17, 15) is 13.2 Å². The average Bonchev–Trinajstić information content (AvgIpc) is 3.44. The van der Waals surface area contributed by atoms with E-state index in [1.807, 2.05) is 17.5 Å². The van der Waals surface area contributed by atoms with Crippen LogP contribution in [0, 0.1) is 0 Å². The van der Waals surface area contributed by atoms with E-state index in [2.05, 4.69) is 14.9 Å². The summed E-state index contributed by atoms with van der Waals surface area (Å²) in [4.78, 5) is 11.0. The zero-order valence-corrected chi connectivity index (χ0v) is 17.9. The molecule has 0 bridgehead atoms. The fraction of sp³-hybridized carbons (Fsp3) is 0.391. The second-order valence-corrected chi connectivity index (χ2v) is 8.57. The SMILES string of the molecule is FC(F)(F)c1cc(Cc2nc(-c3cccnc3)cs2)ccc1OCCCN1CCCC1. The van der Waals surface area contributed by atoms with Gasteiger partial charge in [-0.3, -0.25) is 4.98 Å². The van der Waals surface area contributed by atoms with Gasteiger partial charge in [-0.25, -0.2) is 4.98 Å². The highest BCUT2D eigenvalue weighted by molar-refractivity contribution is 7.10. The number of halogens is 3. The summed E-state index contributed by atoms with van der Waals surface area (Å²) in [5.41, 5.74) is 1.50. The summed E-state index contributed by atoms with van der Waals surface area (Å²) in [6.45, 7) is 3.28. The van der Waals surface area contributed by atoms with Crippen LogP contribution in [-0.4, -0.2) is 41.1 Å². The van der Waals surface area contributed by atoms with Crippen LogP contribution in [0.3, 0.4) is 0 Å². The lowest BCUT2D eigenvalue weighted by Crippen LogP contribution is -2.22. The van der Waals surface area contributed by atoms with Crippen molar-refractivity contribution >= 4 is 11.3 Å². The van der Waals surface area contributed by atoms with Gasteiger partial charge in [-0.05, 0) is 62.2 Å². The second-order valence-electron chi connectivity index (χ2n) is 7.62. The van der Waals surface area contributed by atoms with Crippen molar-refractivity contribution in [3.8, 4) is 17.0 Å². The van der Waals surface area contributed by atoms with E-state index in [0.29, 0.717) is 12.0 Å². The molecule has 0 aliphatic carbocycles. The van der Waals surface area contributed by atoms with Crippen LogP contribution < -0.4 is 4.74 Å². The molecule has 3 aromatic rings.